The van der Waals surface area contributed by atoms with Crippen molar-refractivity contribution in [1.29, 1.82) is 0 Å². The first kappa shape index (κ1) is 17.6. The summed E-state index contributed by atoms with van der Waals surface area (Å²) in [7, 11) is 1.61. The Morgan fingerprint density at radius 1 is 1.38 bits per heavy atom. The number of Topliss-reactive ketones (excluding diaryl/α,β-unsaturated/α-hetero) is 1. The predicted molar refractivity (Wildman–Crippen MR) is 96.0 cm³/mol. The Hall–Kier alpha value is -2.73. The van der Waals surface area contributed by atoms with Crippen LogP contribution in [-0.4, -0.2) is 12.9 Å². The molecule has 1 aliphatic carbocycles. The molecule has 124 valence electrons. The van der Waals surface area contributed by atoms with Crippen LogP contribution < -0.4 is 9.47 Å². The van der Waals surface area contributed by atoms with E-state index in [2.05, 4.69) is 25.0 Å². The molecule has 0 atom stereocenters. The molecule has 0 bridgehead atoms. The topological polar surface area (TPSA) is 35.5 Å². The van der Waals surface area contributed by atoms with Gasteiger partial charge in [-0.05, 0) is 43.5 Å². The summed E-state index contributed by atoms with van der Waals surface area (Å²) < 4.78 is 11.3. The summed E-state index contributed by atoms with van der Waals surface area (Å²) in [4.78, 5) is 12.1. The molecular weight excluding hydrogens is 300 g/mol. The Bertz CT molecular complexity index is 757. The lowest BCUT2D eigenvalue weighted by molar-refractivity contribution is -0.116. The largest absolute Gasteiger partial charge is 0.497 e. The molecule has 0 unspecified atom stereocenters. The minimum Gasteiger partial charge on any atom is -0.497 e. The molecule has 0 aromatic heterocycles. The highest BCUT2D eigenvalue weighted by atomic mass is 16.5. The van der Waals surface area contributed by atoms with Gasteiger partial charge in [0.1, 0.15) is 17.3 Å². The second-order valence-electron chi connectivity index (χ2n) is 5.67. The number of ether oxygens (including phenoxy) is 2. The van der Waals surface area contributed by atoms with Crippen LogP contribution in [0.3, 0.4) is 0 Å². The van der Waals surface area contributed by atoms with Gasteiger partial charge in [0, 0.05) is 18.4 Å². The fraction of sp³-hybridized carbons (Fsp3) is 0.286. The van der Waals surface area contributed by atoms with E-state index in [1.165, 1.54) is 0 Å². The van der Waals surface area contributed by atoms with Gasteiger partial charge in [-0.15, -0.1) is 6.58 Å². The minimum atomic E-state index is 0.138. The summed E-state index contributed by atoms with van der Waals surface area (Å²) in [5.74, 6) is 8.19. The van der Waals surface area contributed by atoms with Crippen LogP contribution in [0.5, 0.6) is 11.5 Å². The molecule has 0 radical (unpaired) electrons. The Balaban J connectivity index is 2.42. The number of allylic oxidation sites excluding steroid dienone is 4. The molecule has 0 heterocycles. The zero-order valence-electron chi connectivity index (χ0n) is 14.3. The lowest BCUT2D eigenvalue weighted by Crippen LogP contribution is -2.15. The van der Waals surface area contributed by atoms with Gasteiger partial charge in [-0.2, -0.15) is 0 Å². The first-order valence-electron chi connectivity index (χ1n) is 7.94. The van der Waals surface area contributed by atoms with Gasteiger partial charge in [-0.25, -0.2) is 0 Å². The Morgan fingerprint density at radius 2 is 2.17 bits per heavy atom. The average Bonchev–Trinajstić information content (AvgIpc) is 2.57. The first-order valence-corrected chi connectivity index (χ1v) is 7.94. The van der Waals surface area contributed by atoms with E-state index in [0.717, 1.165) is 24.2 Å². The van der Waals surface area contributed by atoms with Crippen molar-refractivity contribution in [2.24, 2.45) is 0 Å². The second kappa shape index (κ2) is 8.21. The number of hydrogen-bond acceptors (Lipinski definition) is 3. The smallest absolute Gasteiger partial charge is 0.162 e. The number of methoxy groups -OCH3 is 1. The van der Waals surface area contributed by atoms with E-state index in [9.17, 15) is 4.79 Å². The van der Waals surface area contributed by atoms with Crippen molar-refractivity contribution in [1.82, 2.24) is 0 Å². The molecule has 3 nitrogen and oxygen atoms in total. The number of rotatable bonds is 5. The summed E-state index contributed by atoms with van der Waals surface area (Å²) in [5, 5.41) is 0. The standard InChI is InChI=1S/C21H22O3/c1-5-7-18-19(22)8-6-9-21(18)24-20-13-12-17(23-4)14-16(20)11-10-15(2)3/h5,12-14H,1-2,6-9H2,3-4H3. The molecule has 0 aliphatic heterocycles. The SMILES string of the molecule is C=CCC1=C(Oc2ccc(OC)cc2C#CC(=C)C)CCCC1=O. The van der Waals surface area contributed by atoms with Gasteiger partial charge in [0.2, 0.25) is 0 Å². The van der Waals surface area contributed by atoms with Gasteiger partial charge in [0.05, 0.1) is 12.7 Å². The van der Waals surface area contributed by atoms with Gasteiger partial charge in [0.25, 0.3) is 0 Å². The van der Waals surface area contributed by atoms with E-state index in [1.54, 1.807) is 13.2 Å². The number of ketones is 1. The van der Waals surface area contributed by atoms with Crippen LogP contribution in [0.2, 0.25) is 0 Å². The van der Waals surface area contributed by atoms with E-state index in [4.69, 9.17) is 9.47 Å². The van der Waals surface area contributed by atoms with Crippen molar-refractivity contribution in [3.63, 3.8) is 0 Å². The maximum atomic E-state index is 12.1. The maximum absolute atomic E-state index is 12.1. The Labute approximate surface area is 143 Å². The summed E-state index contributed by atoms with van der Waals surface area (Å²) in [6.07, 6.45) is 4.38. The fourth-order valence-corrected chi connectivity index (χ4v) is 2.48. The van der Waals surface area contributed by atoms with E-state index in [1.807, 2.05) is 25.1 Å². The van der Waals surface area contributed by atoms with E-state index < -0.39 is 0 Å². The molecule has 0 saturated heterocycles. The highest BCUT2D eigenvalue weighted by molar-refractivity contribution is 5.96. The summed E-state index contributed by atoms with van der Waals surface area (Å²) in [5.41, 5.74) is 2.19. The number of hydrogen-bond donors (Lipinski definition) is 0. The molecule has 0 N–H and O–H groups in total. The second-order valence-corrected chi connectivity index (χ2v) is 5.67. The predicted octanol–water partition coefficient (Wildman–Crippen LogP) is 4.58. The third-order valence-electron chi connectivity index (χ3n) is 3.66. The van der Waals surface area contributed by atoms with Gasteiger partial charge in [0.15, 0.2) is 5.78 Å². The third-order valence-corrected chi connectivity index (χ3v) is 3.66. The monoisotopic (exact) mass is 322 g/mol. The van der Waals surface area contributed by atoms with Gasteiger partial charge in [-0.1, -0.05) is 24.5 Å². The number of carbonyl (C=O) groups is 1. The zero-order valence-corrected chi connectivity index (χ0v) is 14.3. The van der Waals surface area contributed by atoms with E-state index >= 15 is 0 Å². The highest BCUT2D eigenvalue weighted by Crippen LogP contribution is 2.31. The summed E-state index contributed by atoms with van der Waals surface area (Å²) >= 11 is 0. The van der Waals surface area contributed by atoms with Crippen molar-refractivity contribution >= 4 is 5.78 Å². The molecule has 0 fully saturated rings. The molecule has 0 amide bonds. The van der Waals surface area contributed by atoms with E-state index in [-0.39, 0.29) is 5.78 Å². The van der Waals surface area contributed by atoms with Crippen LogP contribution in [0, 0.1) is 11.8 Å². The minimum absolute atomic E-state index is 0.138. The van der Waals surface area contributed by atoms with Gasteiger partial charge < -0.3 is 9.47 Å². The number of carbonyl (C=O) groups excluding carboxylic acids is 1. The molecule has 24 heavy (non-hydrogen) atoms. The molecule has 1 aromatic carbocycles. The lowest BCUT2D eigenvalue weighted by atomic mass is 9.94. The van der Waals surface area contributed by atoms with Crippen LogP contribution >= 0.6 is 0 Å². The molecule has 2 rings (SSSR count). The normalized spacial score (nSPS) is 13.8. The molecular formula is C21H22O3. The molecule has 1 aliphatic rings. The van der Waals surface area contributed by atoms with Crippen LogP contribution in [0.15, 0.2) is 54.3 Å². The third kappa shape index (κ3) is 4.39. The summed E-state index contributed by atoms with van der Waals surface area (Å²) in [6, 6.07) is 5.46. The Kier molecular flexibility index (Phi) is 6.03. The van der Waals surface area contributed by atoms with Crippen molar-refractivity contribution in [2.45, 2.75) is 32.6 Å². The maximum Gasteiger partial charge on any atom is 0.162 e. The van der Waals surface area contributed by atoms with Crippen molar-refractivity contribution in [3.05, 3.63) is 59.9 Å². The fourth-order valence-electron chi connectivity index (χ4n) is 2.48. The quantitative estimate of drug-likeness (QED) is 0.588. The highest BCUT2D eigenvalue weighted by Gasteiger charge is 2.21. The molecule has 0 saturated carbocycles. The van der Waals surface area contributed by atoms with Crippen LogP contribution in [0.1, 0.15) is 38.2 Å². The Morgan fingerprint density at radius 3 is 2.83 bits per heavy atom. The molecule has 1 aromatic rings. The van der Waals surface area contributed by atoms with Crippen LogP contribution in [-0.2, 0) is 4.79 Å². The lowest BCUT2D eigenvalue weighted by Gasteiger charge is -2.20. The number of benzene rings is 1. The van der Waals surface area contributed by atoms with Crippen molar-refractivity contribution in [2.75, 3.05) is 7.11 Å². The van der Waals surface area contributed by atoms with Crippen LogP contribution in [0.4, 0.5) is 0 Å². The average molecular weight is 322 g/mol. The summed E-state index contributed by atoms with van der Waals surface area (Å²) in [6.45, 7) is 9.37. The van der Waals surface area contributed by atoms with Crippen molar-refractivity contribution < 1.29 is 14.3 Å². The molecule has 0 spiro atoms. The van der Waals surface area contributed by atoms with Gasteiger partial charge >= 0.3 is 0 Å². The van der Waals surface area contributed by atoms with E-state index in [0.29, 0.717) is 35.5 Å². The zero-order chi connectivity index (χ0) is 17.5. The first-order chi connectivity index (χ1) is 11.5. The van der Waals surface area contributed by atoms with Crippen LogP contribution in [0.25, 0.3) is 0 Å². The molecule has 3 heteroatoms. The van der Waals surface area contributed by atoms with Crippen molar-refractivity contribution in [3.8, 4) is 23.3 Å². The van der Waals surface area contributed by atoms with Gasteiger partial charge in [-0.3, -0.25) is 4.79 Å².